The number of aliphatic hydroxyl groups is 1. The van der Waals surface area contributed by atoms with Crippen LogP contribution in [0.1, 0.15) is 73.2 Å². The van der Waals surface area contributed by atoms with Gasteiger partial charge in [-0.25, -0.2) is 18.6 Å². The lowest BCUT2D eigenvalue weighted by molar-refractivity contribution is -0.126. The first-order valence-corrected chi connectivity index (χ1v) is 15.8. The lowest BCUT2D eigenvalue weighted by Crippen LogP contribution is -2.52. The summed E-state index contributed by atoms with van der Waals surface area (Å²) in [6.07, 6.45) is 0.868. The summed E-state index contributed by atoms with van der Waals surface area (Å²) in [5, 5.41) is 20.8. The molecule has 12 heteroatoms. The molecule has 0 aliphatic rings. The lowest BCUT2D eigenvalue weighted by Gasteiger charge is -2.28. The third kappa shape index (κ3) is 11.2. The predicted octanol–water partition coefficient (Wildman–Crippen LogP) is 2.31. The molecule has 5 N–H and O–H groups in total. The van der Waals surface area contributed by atoms with Gasteiger partial charge in [0.1, 0.15) is 0 Å². The summed E-state index contributed by atoms with van der Waals surface area (Å²) in [4.78, 5) is 40.3. The fourth-order valence-corrected chi connectivity index (χ4v) is 5.12. The van der Waals surface area contributed by atoms with Crippen LogP contribution >= 0.6 is 0 Å². The van der Waals surface area contributed by atoms with Crippen LogP contribution in [-0.2, 0) is 21.2 Å². The molecule has 0 saturated carbocycles. The first-order valence-electron chi connectivity index (χ1n) is 14.3. The molecule has 0 aromatic heterocycles. The lowest BCUT2D eigenvalue weighted by atomic mass is 10.00. The summed E-state index contributed by atoms with van der Waals surface area (Å²) in [6, 6.07) is 12.1. The number of rotatable bonds is 16. The Hall–Kier alpha value is -3.32. The minimum absolute atomic E-state index is 0.00552. The summed E-state index contributed by atoms with van der Waals surface area (Å²) in [5.74, 6) is -1.12. The second kappa shape index (κ2) is 16.4. The van der Waals surface area contributed by atoms with Gasteiger partial charge < -0.3 is 15.3 Å². The summed E-state index contributed by atoms with van der Waals surface area (Å²) in [6.45, 7) is 8.66. The van der Waals surface area contributed by atoms with Crippen LogP contribution in [0, 0.1) is 5.92 Å². The van der Waals surface area contributed by atoms with E-state index in [1.165, 1.54) is 17.1 Å². The predicted molar refractivity (Wildman–Crippen MR) is 162 cm³/mol. The molecule has 0 aliphatic heterocycles. The summed E-state index contributed by atoms with van der Waals surface area (Å²) >= 11 is 0. The Morgan fingerprint density at radius 3 is 2.12 bits per heavy atom. The molecule has 232 valence electrons. The summed E-state index contributed by atoms with van der Waals surface area (Å²) in [7, 11) is -2.62. The Kier molecular flexibility index (Phi) is 13.6. The Balaban J connectivity index is 2.39. The van der Waals surface area contributed by atoms with Crippen LogP contribution in [0.5, 0.6) is 0 Å². The van der Waals surface area contributed by atoms with E-state index in [4.69, 9.17) is 5.14 Å². The zero-order chi connectivity index (χ0) is 31.4. The molecule has 0 saturated heterocycles. The molecule has 2 unspecified atom stereocenters. The van der Waals surface area contributed by atoms with E-state index in [1.807, 2.05) is 58.0 Å². The van der Waals surface area contributed by atoms with Gasteiger partial charge >= 0.3 is 0 Å². The second-order valence-electron chi connectivity index (χ2n) is 10.9. The molecule has 3 amide bonds. The number of nitrogens with zero attached hydrogens (tertiary/aromatic N) is 2. The highest BCUT2D eigenvalue weighted by atomic mass is 32.2. The number of hydrogen-bond acceptors (Lipinski definition) is 7. The van der Waals surface area contributed by atoms with Crippen molar-refractivity contribution in [3.05, 3.63) is 65.2 Å². The van der Waals surface area contributed by atoms with Gasteiger partial charge in [-0.2, -0.15) is 0 Å². The monoisotopic (exact) mass is 603 g/mol. The van der Waals surface area contributed by atoms with Crippen LogP contribution in [0.25, 0.3) is 0 Å². The minimum Gasteiger partial charge on any atom is -0.390 e. The van der Waals surface area contributed by atoms with Gasteiger partial charge in [-0.1, -0.05) is 58.0 Å². The molecule has 2 atom stereocenters. The van der Waals surface area contributed by atoms with Crippen molar-refractivity contribution in [3.8, 4) is 0 Å². The fourth-order valence-electron chi connectivity index (χ4n) is 4.54. The van der Waals surface area contributed by atoms with Crippen molar-refractivity contribution in [1.82, 2.24) is 20.7 Å². The highest BCUT2D eigenvalue weighted by Crippen LogP contribution is 2.18. The van der Waals surface area contributed by atoms with Crippen molar-refractivity contribution in [2.75, 3.05) is 26.7 Å². The molecule has 0 aliphatic carbocycles. The van der Waals surface area contributed by atoms with Crippen molar-refractivity contribution in [2.45, 2.75) is 70.4 Å². The molecule has 0 fully saturated rings. The number of benzene rings is 2. The number of likely N-dealkylation sites (N-methyl/N-ethyl adjacent to an activating group) is 1. The van der Waals surface area contributed by atoms with Crippen LogP contribution in [0.4, 0.5) is 0 Å². The first kappa shape index (κ1) is 34.9. The van der Waals surface area contributed by atoms with E-state index in [-0.39, 0.29) is 40.8 Å². The van der Waals surface area contributed by atoms with Crippen LogP contribution in [0.15, 0.2) is 53.4 Å². The number of carbonyl (C=O) groups is 3. The van der Waals surface area contributed by atoms with Crippen LogP contribution < -0.4 is 15.9 Å². The Labute approximate surface area is 249 Å². The van der Waals surface area contributed by atoms with E-state index < -0.39 is 34.0 Å². The van der Waals surface area contributed by atoms with Gasteiger partial charge in [-0.05, 0) is 48.9 Å². The SMILES string of the molecule is CCCN(CCC)C(=O)c1cc(C(=O)NC(Cc2ccccc2)C(O)CN(C)NC(=O)CC(C)C)cc(S(N)(=O)=O)c1. The normalized spacial score (nSPS) is 13.1. The number of nitrogens with two attached hydrogens (primary N) is 1. The summed E-state index contributed by atoms with van der Waals surface area (Å²) < 4.78 is 24.6. The zero-order valence-corrected chi connectivity index (χ0v) is 26.0. The molecule has 42 heavy (non-hydrogen) atoms. The largest absolute Gasteiger partial charge is 0.390 e. The second-order valence-corrected chi connectivity index (χ2v) is 12.5. The summed E-state index contributed by atoms with van der Waals surface area (Å²) in [5.41, 5.74) is 3.51. The molecule has 2 aromatic carbocycles. The van der Waals surface area contributed by atoms with Gasteiger partial charge in [-0.15, -0.1) is 0 Å². The van der Waals surface area contributed by atoms with E-state index in [2.05, 4.69) is 10.7 Å². The Morgan fingerprint density at radius 2 is 1.57 bits per heavy atom. The highest BCUT2D eigenvalue weighted by molar-refractivity contribution is 7.89. The third-order valence-electron chi connectivity index (χ3n) is 6.47. The first-order chi connectivity index (χ1) is 19.7. The maximum absolute atomic E-state index is 13.5. The number of hydrazine groups is 1. The van der Waals surface area contributed by atoms with Crippen molar-refractivity contribution in [2.24, 2.45) is 11.1 Å². The molecule has 0 spiro atoms. The smallest absolute Gasteiger partial charge is 0.253 e. The number of primary sulfonamides is 1. The molecule has 11 nitrogen and oxygen atoms in total. The van der Waals surface area contributed by atoms with E-state index >= 15 is 0 Å². The Morgan fingerprint density at radius 1 is 0.976 bits per heavy atom. The maximum Gasteiger partial charge on any atom is 0.253 e. The molecule has 2 rings (SSSR count). The number of nitrogens with one attached hydrogen (secondary N) is 2. The highest BCUT2D eigenvalue weighted by Gasteiger charge is 2.26. The minimum atomic E-state index is -4.24. The number of hydrogen-bond donors (Lipinski definition) is 4. The maximum atomic E-state index is 13.5. The Bertz CT molecular complexity index is 1300. The van der Waals surface area contributed by atoms with E-state index in [1.54, 1.807) is 11.9 Å². The molecule has 0 radical (unpaired) electrons. The fraction of sp³-hybridized carbons (Fsp3) is 0.500. The molecule has 2 aromatic rings. The van der Waals surface area contributed by atoms with Crippen molar-refractivity contribution in [3.63, 3.8) is 0 Å². The van der Waals surface area contributed by atoms with Gasteiger partial charge in [0, 0.05) is 44.2 Å². The van der Waals surface area contributed by atoms with E-state index in [9.17, 15) is 27.9 Å². The van der Waals surface area contributed by atoms with Gasteiger partial charge in [0.2, 0.25) is 15.9 Å². The van der Waals surface area contributed by atoms with Crippen LogP contribution in [0.3, 0.4) is 0 Å². The number of sulfonamides is 1. The van der Waals surface area contributed by atoms with E-state index in [0.717, 1.165) is 11.6 Å². The van der Waals surface area contributed by atoms with Gasteiger partial charge in [0.05, 0.1) is 17.0 Å². The van der Waals surface area contributed by atoms with Crippen LogP contribution in [0.2, 0.25) is 0 Å². The quantitative estimate of drug-likeness (QED) is 0.214. The van der Waals surface area contributed by atoms with Crippen molar-refractivity contribution in [1.29, 1.82) is 0 Å². The topological polar surface area (TPSA) is 162 Å². The van der Waals surface area contributed by atoms with Crippen LogP contribution in [-0.4, -0.2) is 80.0 Å². The zero-order valence-electron chi connectivity index (χ0n) is 25.2. The number of amides is 3. The van der Waals surface area contributed by atoms with Gasteiger partial charge in [0.15, 0.2) is 0 Å². The molecule has 0 bridgehead atoms. The number of carbonyl (C=O) groups excluding carboxylic acids is 3. The number of aliphatic hydroxyl groups excluding tert-OH is 1. The molecular formula is C30H45N5O6S. The van der Waals surface area contributed by atoms with Gasteiger partial charge in [0.25, 0.3) is 11.8 Å². The average Bonchev–Trinajstić information content (AvgIpc) is 2.91. The average molecular weight is 604 g/mol. The van der Waals surface area contributed by atoms with Crippen molar-refractivity contribution >= 4 is 27.7 Å². The van der Waals surface area contributed by atoms with E-state index in [0.29, 0.717) is 32.4 Å². The third-order valence-corrected chi connectivity index (χ3v) is 7.36. The standard InChI is InChI=1S/C30H45N5O6S/c1-6-13-35(14-7-2)30(39)24-17-23(18-25(19-24)42(31,40)41)29(38)32-26(16-22-11-9-8-10-12-22)27(36)20-34(5)33-28(37)15-21(3)4/h8-12,17-19,21,26-27,36H,6-7,13-16,20H2,1-5H3,(H,32,38)(H,33,37)(H2,31,40,41). The molecular weight excluding hydrogens is 558 g/mol. The molecule has 0 heterocycles. The van der Waals surface area contributed by atoms with Crippen molar-refractivity contribution < 1.29 is 27.9 Å². The van der Waals surface area contributed by atoms with Gasteiger partial charge in [-0.3, -0.25) is 19.8 Å².